The van der Waals surface area contributed by atoms with Crippen LogP contribution in [-0.2, 0) is 10.8 Å². The summed E-state index contributed by atoms with van der Waals surface area (Å²) >= 11 is 1.90. The van der Waals surface area contributed by atoms with Gasteiger partial charge in [0.2, 0.25) is 0 Å². The van der Waals surface area contributed by atoms with Gasteiger partial charge in [0.1, 0.15) is 0 Å². The predicted octanol–water partition coefficient (Wildman–Crippen LogP) is 27.0. The number of rotatable bonds is 33. The quantitative estimate of drug-likeness (QED) is 0.0371. The molecule has 11 rings (SSSR count). The van der Waals surface area contributed by atoms with E-state index in [2.05, 4.69) is 210 Å². The topological polar surface area (TPSA) is 3.24 Å². The maximum Gasteiger partial charge on any atom is 0.0462 e. The van der Waals surface area contributed by atoms with Crippen molar-refractivity contribution in [1.29, 1.82) is 0 Å². The Morgan fingerprint density at radius 1 is 0.302 bits per heavy atom. The third-order valence-electron chi connectivity index (χ3n) is 20.4. The van der Waals surface area contributed by atoms with Crippen LogP contribution < -0.4 is 4.90 Å². The van der Waals surface area contributed by atoms with E-state index < -0.39 is 0 Å². The fourth-order valence-corrected chi connectivity index (χ4v) is 16.9. The second-order valence-electron chi connectivity index (χ2n) is 26.5. The zero-order valence-corrected chi connectivity index (χ0v) is 54.6. The summed E-state index contributed by atoms with van der Waals surface area (Å²) in [6.45, 7) is 14.0. The van der Waals surface area contributed by atoms with Crippen LogP contribution in [0, 0.1) is 13.8 Å². The zero-order chi connectivity index (χ0) is 59.3. The Morgan fingerprint density at radius 2 is 0.698 bits per heavy atom. The first-order valence-electron chi connectivity index (χ1n) is 34.7. The molecule has 9 aromatic rings. The van der Waals surface area contributed by atoms with E-state index in [0.29, 0.717) is 0 Å². The van der Waals surface area contributed by atoms with Crippen LogP contribution in [0.2, 0.25) is 0 Å². The Morgan fingerprint density at radius 3 is 1.21 bits per heavy atom. The van der Waals surface area contributed by atoms with E-state index in [4.69, 9.17) is 0 Å². The lowest BCUT2D eigenvalue weighted by atomic mass is 9.68. The molecule has 0 amide bonds. The third kappa shape index (κ3) is 13.1. The van der Waals surface area contributed by atoms with Gasteiger partial charge in [0.05, 0.1) is 0 Å². The molecule has 1 nitrogen and oxygen atoms in total. The van der Waals surface area contributed by atoms with E-state index in [1.54, 1.807) is 33.4 Å². The zero-order valence-electron chi connectivity index (χ0n) is 53.7. The molecule has 0 saturated heterocycles. The molecule has 0 atom stereocenters. The molecule has 2 aliphatic rings. The van der Waals surface area contributed by atoms with Gasteiger partial charge in [-0.2, -0.15) is 0 Å². The largest absolute Gasteiger partial charge is 0.311 e. The Bertz CT molecular complexity index is 3600. The molecule has 1 heterocycles. The van der Waals surface area contributed by atoms with Crippen LogP contribution in [0.3, 0.4) is 0 Å². The standard InChI is InChI=1S/C84H101NS/c1-7-11-15-19-23-29-54-83(55-30-24-20-16-12-8-2)77-58-63(6)40-52-71(77)75-60-80-76(61-79(75)83)72-53-45-66(59-78(72)84(80,56-31-25-21-17-13-9-3)57-32-26-22-18-14-10-4)64-41-48-68(49-42-64)85(67-46-38-62(5)39-47-67)69-50-43-65(44-51-69)70-35-33-36-74-73-34-27-28-37-81(73)86-82(70)74/h27-28,33-53,58-61H,7-26,29-32,54-57H2,1-6H3. The minimum absolute atomic E-state index is 0.0310. The molecule has 448 valence electrons. The Balaban J connectivity index is 0.987. The van der Waals surface area contributed by atoms with Crippen LogP contribution in [-0.4, -0.2) is 0 Å². The lowest BCUT2D eigenvalue weighted by Gasteiger charge is -2.35. The van der Waals surface area contributed by atoms with Gasteiger partial charge < -0.3 is 4.90 Å². The minimum atomic E-state index is -0.0310. The van der Waals surface area contributed by atoms with Crippen molar-refractivity contribution in [3.8, 4) is 44.5 Å². The van der Waals surface area contributed by atoms with Crippen LogP contribution in [0.25, 0.3) is 64.7 Å². The van der Waals surface area contributed by atoms with Crippen LogP contribution in [0.4, 0.5) is 17.1 Å². The number of hydrogen-bond acceptors (Lipinski definition) is 2. The summed E-state index contributed by atoms with van der Waals surface area (Å²) in [5, 5.41) is 2.68. The van der Waals surface area contributed by atoms with E-state index in [9.17, 15) is 0 Å². The number of thiophene rings is 1. The molecule has 86 heavy (non-hydrogen) atoms. The van der Waals surface area contributed by atoms with E-state index in [1.807, 2.05) is 11.3 Å². The van der Waals surface area contributed by atoms with Gasteiger partial charge in [0.25, 0.3) is 0 Å². The summed E-state index contributed by atoms with van der Waals surface area (Å²) in [6, 6.07) is 64.6. The summed E-state index contributed by atoms with van der Waals surface area (Å²) in [6.07, 6.45) is 36.9. The molecule has 0 saturated carbocycles. The third-order valence-corrected chi connectivity index (χ3v) is 21.6. The fraction of sp³-hybridized carbons (Fsp3) is 0.429. The molecule has 0 spiro atoms. The monoisotopic (exact) mass is 1160 g/mol. The number of fused-ring (bicyclic) bond motifs is 9. The van der Waals surface area contributed by atoms with Crippen LogP contribution in [0.1, 0.15) is 241 Å². The SMILES string of the molecule is CCCCCCCCC1(CCCCCCCC)c2cc(C)ccc2-c2cc3c(cc21)-c1ccc(-c2ccc(N(c4ccc(C)cc4)c4ccc(-c5cccc6c5sc5ccccc56)cc4)cc2)cc1C3(CCCCCCCC)CCCCCCCC. The highest BCUT2D eigenvalue weighted by atomic mass is 32.1. The molecule has 0 unspecified atom stereocenters. The number of hydrogen-bond donors (Lipinski definition) is 0. The first-order valence-corrected chi connectivity index (χ1v) is 35.6. The minimum Gasteiger partial charge on any atom is -0.311 e. The van der Waals surface area contributed by atoms with Crippen molar-refractivity contribution >= 4 is 48.6 Å². The highest BCUT2D eigenvalue weighted by molar-refractivity contribution is 7.26. The molecule has 0 fully saturated rings. The molecular formula is C84H101NS. The first-order chi connectivity index (χ1) is 42.3. The van der Waals surface area contributed by atoms with Gasteiger partial charge in [-0.05, 0) is 167 Å². The fourth-order valence-electron chi connectivity index (χ4n) is 15.6. The van der Waals surface area contributed by atoms with E-state index in [-0.39, 0.29) is 10.8 Å². The summed E-state index contributed by atoms with van der Waals surface area (Å²) in [5.74, 6) is 0. The van der Waals surface area contributed by atoms with Gasteiger partial charge in [-0.1, -0.05) is 296 Å². The molecule has 8 aromatic carbocycles. The summed E-state index contributed by atoms with van der Waals surface area (Å²) in [7, 11) is 0. The molecule has 2 aliphatic carbocycles. The van der Waals surface area contributed by atoms with Crippen molar-refractivity contribution in [2.24, 2.45) is 0 Å². The average Bonchev–Trinajstić information content (AvgIpc) is 1.59. The maximum atomic E-state index is 2.84. The maximum absolute atomic E-state index is 2.84. The van der Waals surface area contributed by atoms with Crippen molar-refractivity contribution in [2.75, 3.05) is 4.90 Å². The van der Waals surface area contributed by atoms with Gasteiger partial charge in [0, 0.05) is 48.1 Å². The van der Waals surface area contributed by atoms with Crippen LogP contribution >= 0.6 is 11.3 Å². The van der Waals surface area contributed by atoms with Crippen molar-refractivity contribution < 1.29 is 0 Å². The van der Waals surface area contributed by atoms with Crippen molar-refractivity contribution in [2.45, 2.75) is 232 Å². The first kappa shape index (κ1) is 61.4. The second kappa shape index (κ2) is 29.2. The number of aryl methyl sites for hydroxylation is 2. The van der Waals surface area contributed by atoms with Gasteiger partial charge in [-0.3, -0.25) is 0 Å². The summed E-state index contributed by atoms with van der Waals surface area (Å²) in [4.78, 5) is 2.44. The molecule has 0 bridgehead atoms. The molecule has 2 heteroatoms. The van der Waals surface area contributed by atoms with E-state index in [0.717, 1.165) is 5.69 Å². The van der Waals surface area contributed by atoms with Gasteiger partial charge in [-0.15, -0.1) is 11.3 Å². The summed E-state index contributed by atoms with van der Waals surface area (Å²) in [5.41, 5.74) is 24.1. The summed E-state index contributed by atoms with van der Waals surface area (Å²) < 4.78 is 2.70. The molecule has 1 aromatic heterocycles. The average molecular weight is 1160 g/mol. The van der Waals surface area contributed by atoms with Crippen molar-refractivity contribution in [3.63, 3.8) is 0 Å². The Hall–Kier alpha value is -6.22. The van der Waals surface area contributed by atoms with E-state index >= 15 is 0 Å². The smallest absolute Gasteiger partial charge is 0.0462 e. The van der Waals surface area contributed by atoms with E-state index in [1.165, 1.54) is 256 Å². The van der Waals surface area contributed by atoms with Crippen LogP contribution in [0.15, 0.2) is 164 Å². The predicted molar refractivity (Wildman–Crippen MR) is 379 cm³/mol. The Labute approximate surface area is 524 Å². The van der Waals surface area contributed by atoms with Crippen molar-refractivity contribution in [1.82, 2.24) is 0 Å². The lowest BCUT2D eigenvalue weighted by molar-refractivity contribution is 0.394. The second-order valence-corrected chi connectivity index (χ2v) is 27.6. The number of anilines is 3. The van der Waals surface area contributed by atoms with Crippen LogP contribution in [0.5, 0.6) is 0 Å². The van der Waals surface area contributed by atoms with Gasteiger partial charge >= 0.3 is 0 Å². The molecule has 0 radical (unpaired) electrons. The van der Waals surface area contributed by atoms with Crippen molar-refractivity contribution in [3.05, 3.63) is 197 Å². The number of benzene rings is 8. The highest BCUT2D eigenvalue weighted by Crippen LogP contribution is 2.61. The highest BCUT2D eigenvalue weighted by Gasteiger charge is 2.48. The molecule has 0 N–H and O–H groups in total. The normalized spacial score (nSPS) is 13.6. The molecular weight excluding hydrogens is 1050 g/mol. The number of unbranched alkanes of at least 4 members (excludes halogenated alkanes) is 20. The molecule has 0 aliphatic heterocycles. The number of nitrogens with zero attached hydrogens (tertiary/aromatic N) is 1. The lowest BCUT2D eigenvalue weighted by Crippen LogP contribution is -2.27. The van der Waals surface area contributed by atoms with Gasteiger partial charge in [-0.25, -0.2) is 0 Å². The van der Waals surface area contributed by atoms with Gasteiger partial charge in [0.15, 0.2) is 0 Å². The Kier molecular flexibility index (Phi) is 20.8.